The van der Waals surface area contributed by atoms with Gasteiger partial charge in [0.1, 0.15) is 11.3 Å². The van der Waals surface area contributed by atoms with Crippen molar-refractivity contribution < 1.29 is 17.9 Å². The number of hydrogen-bond acceptors (Lipinski definition) is 3. The van der Waals surface area contributed by atoms with Crippen LogP contribution in [0.1, 0.15) is 16.8 Å². The molecule has 0 spiro atoms. The quantitative estimate of drug-likeness (QED) is 0.355. The molecule has 1 aliphatic heterocycles. The van der Waals surface area contributed by atoms with Crippen LogP contribution in [0.15, 0.2) is 72.8 Å². The number of rotatable bonds is 3. The lowest BCUT2D eigenvalue weighted by Crippen LogP contribution is -2.14. The van der Waals surface area contributed by atoms with Crippen molar-refractivity contribution in [3.8, 4) is 11.5 Å². The van der Waals surface area contributed by atoms with E-state index >= 15 is 0 Å². The first-order valence-corrected chi connectivity index (χ1v) is 10.0. The number of alkyl halides is 3. The topological polar surface area (TPSA) is 25.4 Å². The molecule has 0 N–H and O–H groups in total. The van der Waals surface area contributed by atoms with Crippen LogP contribution in [-0.4, -0.2) is 11.5 Å². The third-order valence-corrected chi connectivity index (χ3v) is 5.59. The van der Waals surface area contributed by atoms with Gasteiger partial charge < -0.3 is 9.64 Å². The molecule has 4 aromatic rings. The van der Waals surface area contributed by atoms with Crippen molar-refractivity contribution in [1.82, 2.24) is 4.98 Å². The zero-order valence-electron chi connectivity index (χ0n) is 16.8. The van der Waals surface area contributed by atoms with E-state index in [0.29, 0.717) is 12.3 Å². The predicted octanol–water partition coefficient (Wildman–Crippen LogP) is 7.05. The molecule has 31 heavy (non-hydrogen) atoms. The summed E-state index contributed by atoms with van der Waals surface area (Å²) in [6.07, 6.45) is -3.56. The molecule has 0 saturated heterocycles. The van der Waals surface area contributed by atoms with Crippen LogP contribution in [0.25, 0.3) is 10.9 Å². The van der Waals surface area contributed by atoms with Crippen molar-refractivity contribution in [2.75, 3.05) is 11.4 Å². The molecule has 1 aromatic heterocycles. The SMILES string of the molecule is Cc1nc2c(Oc3ccccc3)cccc2c2c1CCN2c1ccc(C(F)(F)F)cc1. The molecule has 2 heterocycles. The third kappa shape index (κ3) is 3.48. The molecular weight excluding hydrogens is 401 g/mol. The van der Waals surface area contributed by atoms with Crippen molar-refractivity contribution in [1.29, 1.82) is 0 Å². The Morgan fingerprint density at radius 3 is 2.35 bits per heavy atom. The number of nitrogens with zero attached hydrogens (tertiary/aromatic N) is 2. The van der Waals surface area contributed by atoms with E-state index in [4.69, 9.17) is 9.72 Å². The smallest absolute Gasteiger partial charge is 0.416 e. The maximum atomic E-state index is 13.0. The zero-order chi connectivity index (χ0) is 21.6. The second-order valence-electron chi connectivity index (χ2n) is 7.54. The fraction of sp³-hybridized carbons (Fsp3) is 0.160. The molecule has 6 heteroatoms. The Bertz CT molecular complexity index is 1250. The summed E-state index contributed by atoms with van der Waals surface area (Å²) in [6.45, 7) is 2.65. The number of fused-ring (bicyclic) bond motifs is 3. The molecule has 5 rings (SSSR count). The highest BCUT2D eigenvalue weighted by Crippen LogP contribution is 2.44. The fourth-order valence-electron chi connectivity index (χ4n) is 4.13. The van der Waals surface area contributed by atoms with Gasteiger partial charge in [0.25, 0.3) is 0 Å². The maximum absolute atomic E-state index is 13.0. The van der Waals surface area contributed by atoms with Gasteiger partial charge in [0, 0.05) is 23.3 Å². The summed E-state index contributed by atoms with van der Waals surface area (Å²) in [5, 5.41) is 0.923. The Morgan fingerprint density at radius 2 is 1.65 bits per heavy atom. The van der Waals surface area contributed by atoms with E-state index < -0.39 is 11.7 Å². The molecule has 3 nitrogen and oxygen atoms in total. The number of pyridine rings is 1. The van der Waals surface area contributed by atoms with E-state index in [2.05, 4.69) is 4.90 Å². The lowest BCUT2D eigenvalue weighted by Gasteiger charge is -2.22. The average Bonchev–Trinajstić information content (AvgIpc) is 3.21. The van der Waals surface area contributed by atoms with Gasteiger partial charge in [-0.15, -0.1) is 0 Å². The minimum absolute atomic E-state index is 0.647. The van der Waals surface area contributed by atoms with E-state index in [1.165, 1.54) is 12.1 Å². The summed E-state index contributed by atoms with van der Waals surface area (Å²) in [4.78, 5) is 6.89. The molecule has 0 radical (unpaired) electrons. The molecule has 0 bridgehead atoms. The second kappa shape index (κ2) is 7.30. The predicted molar refractivity (Wildman–Crippen MR) is 115 cm³/mol. The molecule has 0 aliphatic carbocycles. The molecule has 156 valence electrons. The number of anilines is 2. The Labute approximate surface area is 177 Å². The summed E-state index contributed by atoms with van der Waals surface area (Å²) < 4.78 is 45.0. The van der Waals surface area contributed by atoms with Gasteiger partial charge in [-0.25, -0.2) is 4.98 Å². The van der Waals surface area contributed by atoms with Crippen LogP contribution in [0.3, 0.4) is 0 Å². The van der Waals surface area contributed by atoms with Gasteiger partial charge >= 0.3 is 6.18 Å². The van der Waals surface area contributed by atoms with Gasteiger partial charge in [-0.1, -0.05) is 30.3 Å². The number of benzene rings is 3. The van der Waals surface area contributed by atoms with Gasteiger partial charge in [0.2, 0.25) is 0 Å². The summed E-state index contributed by atoms with van der Waals surface area (Å²) in [6, 6.07) is 20.6. The molecule has 0 fully saturated rings. The lowest BCUT2D eigenvalue weighted by molar-refractivity contribution is -0.137. The highest BCUT2D eigenvalue weighted by molar-refractivity contribution is 6.00. The van der Waals surface area contributed by atoms with Crippen molar-refractivity contribution in [2.24, 2.45) is 0 Å². The van der Waals surface area contributed by atoms with Crippen LogP contribution in [0.2, 0.25) is 0 Å². The normalized spacial score (nSPS) is 13.5. The van der Waals surface area contributed by atoms with E-state index in [0.717, 1.165) is 57.8 Å². The minimum Gasteiger partial charge on any atom is -0.455 e. The van der Waals surface area contributed by atoms with Gasteiger partial charge in [0.15, 0.2) is 5.75 Å². The summed E-state index contributed by atoms with van der Waals surface area (Å²) in [7, 11) is 0. The largest absolute Gasteiger partial charge is 0.455 e. The Morgan fingerprint density at radius 1 is 0.903 bits per heavy atom. The van der Waals surface area contributed by atoms with Crippen molar-refractivity contribution in [2.45, 2.75) is 19.5 Å². The maximum Gasteiger partial charge on any atom is 0.416 e. The standard InChI is InChI=1S/C25H19F3N2O/c1-16-20-14-15-30(18-12-10-17(11-13-18)25(26,27)28)24(20)21-8-5-9-22(23(21)29-16)31-19-6-3-2-4-7-19/h2-13H,14-15H2,1H3. The number of aromatic nitrogens is 1. The van der Waals surface area contributed by atoms with E-state index in [-0.39, 0.29) is 0 Å². The van der Waals surface area contributed by atoms with Gasteiger partial charge in [0.05, 0.1) is 11.3 Å². The van der Waals surface area contributed by atoms with Gasteiger partial charge in [-0.2, -0.15) is 13.2 Å². The molecular formula is C25H19F3N2O. The van der Waals surface area contributed by atoms with Crippen LogP contribution in [0, 0.1) is 6.92 Å². The third-order valence-electron chi connectivity index (χ3n) is 5.59. The summed E-state index contributed by atoms with van der Waals surface area (Å²) >= 11 is 0. The minimum atomic E-state index is -4.35. The second-order valence-corrected chi connectivity index (χ2v) is 7.54. The molecule has 0 atom stereocenters. The number of aryl methyl sites for hydroxylation is 1. The molecule has 3 aromatic carbocycles. The molecule has 0 saturated carbocycles. The summed E-state index contributed by atoms with van der Waals surface area (Å²) in [5.41, 5.74) is 3.82. The zero-order valence-corrected chi connectivity index (χ0v) is 16.8. The number of para-hydroxylation sites is 2. The first-order chi connectivity index (χ1) is 14.9. The lowest BCUT2D eigenvalue weighted by atomic mass is 10.1. The average molecular weight is 420 g/mol. The van der Waals surface area contributed by atoms with Crippen LogP contribution >= 0.6 is 0 Å². The number of halogens is 3. The van der Waals surface area contributed by atoms with Crippen molar-refractivity contribution >= 4 is 22.3 Å². The Hall–Kier alpha value is -3.54. The fourth-order valence-corrected chi connectivity index (χ4v) is 4.13. The highest BCUT2D eigenvalue weighted by Gasteiger charge is 2.31. The van der Waals surface area contributed by atoms with Gasteiger partial charge in [-0.3, -0.25) is 0 Å². The Balaban J connectivity index is 1.61. The first kappa shape index (κ1) is 19.4. The number of hydrogen-bond donors (Lipinski definition) is 0. The molecule has 0 unspecified atom stereocenters. The van der Waals surface area contributed by atoms with E-state index in [1.54, 1.807) is 0 Å². The van der Waals surface area contributed by atoms with E-state index in [1.807, 2.05) is 55.5 Å². The molecule has 1 aliphatic rings. The van der Waals surface area contributed by atoms with Crippen LogP contribution in [-0.2, 0) is 12.6 Å². The van der Waals surface area contributed by atoms with Crippen LogP contribution in [0.5, 0.6) is 11.5 Å². The van der Waals surface area contributed by atoms with E-state index in [9.17, 15) is 13.2 Å². The monoisotopic (exact) mass is 420 g/mol. The highest BCUT2D eigenvalue weighted by atomic mass is 19.4. The summed E-state index contributed by atoms with van der Waals surface area (Å²) in [5.74, 6) is 1.36. The first-order valence-electron chi connectivity index (χ1n) is 10.0. The van der Waals surface area contributed by atoms with Crippen molar-refractivity contribution in [3.63, 3.8) is 0 Å². The molecule has 0 amide bonds. The van der Waals surface area contributed by atoms with Crippen LogP contribution < -0.4 is 9.64 Å². The Kier molecular flexibility index (Phi) is 4.58. The number of ether oxygens (including phenoxy) is 1. The van der Waals surface area contributed by atoms with Gasteiger partial charge in [-0.05, 0) is 61.4 Å². The van der Waals surface area contributed by atoms with Crippen molar-refractivity contribution in [3.05, 3.63) is 89.6 Å². The van der Waals surface area contributed by atoms with Crippen LogP contribution in [0.4, 0.5) is 24.5 Å².